The van der Waals surface area contributed by atoms with Gasteiger partial charge in [0.15, 0.2) is 0 Å². The van der Waals surface area contributed by atoms with Crippen molar-refractivity contribution < 1.29 is 9.47 Å². The second-order valence-electron chi connectivity index (χ2n) is 8.93. The van der Waals surface area contributed by atoms with Gasteiger partial charge in [0.1, 0.15) is 6.79 Å². The summed E-state index contributed by atoms with van der Waals surface area (Å²) in [6.07, 6.45) is 11.4. The third-order valence-corrected chi connectivity index (χ3v) is 5.56. The van der Waals surface area contributed by atoms with Crippen LogP contribution >= 0.6 is 15.9 Å². The van der Waals surface area contributed by atoms with Gasteiger partial charge in [0.05, 0.1) is 0 Å². The average Bonchev–Trinajstić information content (AvgIpc) is 2.51. The van der Waals surface area contributed by atoms with Crippen molar-refractivity contribution in [1.82, 2.24) is 0 Å². The molecule has 3 heteroatoms. The lowest BCUT2D eigenvalue weighted by Crippen LogP contribution is -2.12. The molecule has 0 spiro atoms. The Kier molecular flexibility index (Phi) is 17.8. The monoisotopic (exact) mass is 434 g/mol. The van der Waals surface area contributed by atoms with Crippen molar-refractivity contribution in [2.75, 3.05) is 20.0 Å². The van der Waals surface area contributed by atoms with Crippen LogP contribution in [0.15, 0.2) is 0 Å². The molecule has 158 valence electrons. The number of halogens is 1. The Balaban J connectivity index is 3.62. The second-order valence-corrected chi connectivity index (χ2v) is 10.5. The molecule has 0 N–H and O–H groups in total. The van der Waals surface area contributed by atoms with Gasteiger partial charge in [0, 0.05) is 18.0 Å². The van der Waals surface area contributed by atoms with Crippen molar-refractivity contribution in [3.8, 4) is 0 Å². The molecule has 0 rings (SSSR count). The third kappa shape index (κ3) is 17.8. The van der Waals surface area contributed by atoms with Crippen LogP contribution in [0.3, 0.4) is 0 Å². The largest absolute Gasteiger partial charge is 0.355 e. The predicted octanol–water partition coefficient (Wildman–Crippen LogP) is 7.84. The van der Waals surface area contributed by atoms with Crippen LogP contribution in [0.1, 0.15) is 99.3 Å². The Bertz CT molecular complexity index is 296. The lowest BCUT2D eigenvalue weighted by molar-refractivity contribution is -0.0561. The lowest BCUT2D eigenvalue weighted by atomic mass is 9.84. The minimum absolute atomic E-state index is 0.469. The average molecular weight is 436 g/mol. The van der Waals surface area contributed by atoms with Gasteiger partial charge in [-0.15, -0.1) is 0 Å². The molecule has 0 aromatic heterocycles. The SMILES string of the molecule is CCCCCOCOCCCC(C)CC(C)CC(C)CC(C)CC(C)Br. The highest BCUT2D eigenvalue weighted by atomic mass is 79.9. The molecule has 5 unspecified atom stereocenters. The van der Waals surface area contributed by atoms with Gasteiger partial charge in [-0.1, -0.05) is 70.3 Å². The van der Waals surface area contributed by atoms with E-state index in [2.05, 4.69) is 57.5 Å². The summed E-state index contributed by atoms with van der Waals surface area (Å²) in [4.78, 5) is 0.645. The highest BCUT2D eigenvalue weighted by Crippen LogP contribution is 2.27. The maximum Gasteiger partial charge on any atom is 0.146 e. The molecule has 0 bridgehead atoms. The van der Waals surface area contributed by atoms with Crippen LogP contribution in [0.2, 0.25) is 0 Å². The highest BCUT2D eigenvalue weighted by molar-refractivity contribution is 9.09. The molecule has 0 amide bonds. The van der Waals surface area contributed by atoms with Crippen LogP contribution in [0.5, 0.6) is 0 Å². The van der Waals surface area contributed by atoms with Crippen molar-refractivity contribution in [3.63, 3.8) is 0 Å². The molecule has 2 nitrogen and oxygen atoms in total. The molecule has 0 fully saturated rings. The summed E-state index contributed by atoms with van der Waals surface area (Å²) in [6, 6.07) is 0. The van der Waals surface area contributed by atoms with Crippen LogP contribution in [-0.4, -0.2) is 24.8 Å². The number of hydrogen-bond acceptors (Lipinski definition) is 2. The molecule has 0 aromatic carbocycles. The molecule has 5 atom stereocenters. The number of unbranched alkanes of at least 4 members (excludes halogenated alkanes) is 2. The van der Waals surface area contributed by atoms with Gasteiger partial charge in [-0.2, -0.15) is 0 Å². The summed E-state index contributed by atoms with van der Waals surface area (Å²) < 4.78 is 11.1. The van der Waals surface area contributed by atoms with E-state index >= 15 is 0 Å². The Labute approximate surface area is 173 Å². The maximum absolute atomic E-state index is 5.58. The highest BCUT2D eigenvalue weighted by Gasteiger charge is 2.15. The summed E-state index contributed by atoms with van der Waals surface area (Å²) in [6.45, 7) is 16.3. The van der Waals surface area contributed by atoms with Gasteiger partial charge in [-0.25, -0.2) is 0 Å². The van der Waals surface area contributed by atoms with E-state index in [4.69, 9.17) is 9.47 Å². The molecule has 0 aromatic rings. The third-order valence-electron chi connectivity index (χ3n) is 5.19. The van der Waals surface area contributed by atoms with Crippen LogP contribution in [-0.2, 0) is 9.47 Å². The molecular formula is C23H47BrO2. The first-order valence-electron chi connectivity index (χ1n) is 11.1. The van der Waals surface area contributed by atoms with E-state index in [1.807, 2.05) is 0 Å². The zero-order valence-corrected chi connectivity index (χ0v) is 20.2. The number of rotatable bonds is 18. The van der Waals surface area contributed by atoms with Crippen LogP contribution in [0, 0.1) is 23.7 Å². The van der Waals surface area contributed by atoms with Crippen LogP contribution in [0.4, 0.5) is 0 Å². The quantitative estimate of drug-likeness (QED) is 0.124. The van der Waals surface area contributed by atoms with Gasteiger partial charge in [-0.05, 0) is 68.6 Å². The number of ether oxygens (including phenoxy) is 2. The predicted molar refractivity (Wildman–Crippen MR) is 119 cm³/mol. The summed E-state index contributed by atoms with van der Waals surface area (Å²) in [5, 5.41) is 0. The Morgan fingerprint density at radius 3 is 1.69 bits per heavy atom. The van der Waals surface area contributed by atoms with E-state index in [9.17, 15) is 0 Å². The Morgan fingerprint density at radius 1 is 0.654 bits per heavy atom. The summed E-state index contributed by atoms with van der Waals surface area (Å²) in [7, 11) is 0. The first-order valence-corrected chi connectivity index (χ1v) is 12.1. The van der Waals surface area contributed by atoms with Crippen molar-refractivity contribution >= 4 is 15.9 Å². The van der Waals surface area contributed by atoms with Crippen molar-refractivity contribution in [1.29, 1.82) is 0 Å². The summed E-state index contributed by atoms with van der Waals surface area (Å²) in [5.41, 5.74) is 0. The molecule has 26 heavy (non-hydrogen) atoms. The standard InChI is InChI=1S/C23H47BrO2/c1-7-8-9-12-25-18-26-13-10-11-19(2)14-20(3)15-21(4)16-22(5)17-23(6)24/h19-23H,7-18H2,1-6H3. The molecular weight excluding hydrogens is 388 g/mol. The Morgan fingerprint density at radius 2 is 1.15 bits per heavy atom. The van der Waals surface area contributed by atoms with Gasteiger partial charge in [-0.3, -0.25) is 0 Å². The van der Waals surface area contributed by atoms with Gasteiger partial charge >= 0.3 is 0 Å². The van der Waals surface area contributed by atoms with Crippen molar-refractivity contribution in [2.24, 2.45) is 23.7 Å². The van der Waals surface area contributed by atoms with E-state index in [-0.39, 0.29) is 0 Å². The number of alkyl halides is 1. The number of hydrogen-bond donors (Lipinski definition) is 0. The minimum atomic E-state index is 0.469. The molecule has 0 aliphatic rings. The zero-order chi connectivity index (χ0) is 19.8. The van der Waals surface area contributed by atoms with Crippen LogP contribution < -0.4 is 0 Å². The minimum Gasteiger partial charge on any atom is -0.355 e. The lowest BCUT2D eigenvalue weighted by Gasteiger charge is -2.23. The first kappa shape index (κ1) is 26.4. The van der Waals surface area contributed by atoms with E-state index in [1.165, 1.54) is 44.9 Å². The first-order chi connectivity index (χ1) is 12.3. The van der Waals surface area contributed by atoms with E-state index in [0.717, 1.165) is 49.7 Å². The fraction of sp³-hybridized carbons (Fsp3) is 1.00. The van der Waals surface area contributed by atoms with Crippen molar-refractivity contribution in [2.45, 2.75) is 104 Å². The van der Waals surface area contributed by atoms with Crippen molar-refractivity contribution in [3.05, 3.63) is 0 Å². The molecule has 0 aliphatic carbocycles. The maximum atomic E-state index is 5.58. The topological polar surface area (TPSA) is 18.5 Å². The van der Waals surface area contributed by atoms with E-state index < -0.39 is 0 Å². The fourth-order valence-electron chi connectivity index (χ4n) is 4.19. The second kappa shape index (κ2) is 17.5. The smallest absolute Gasteiger partial charge is 0.146 e. The van der Waals surface area contributed by atoms with Gasteiger partial charge < -0.3 is 9.47 Å². The van der Waals surface area contributed by atoms with E-state index in [0.29, 0.717) is 11.6 Å². The molecule has 0 radical (unpaired) electrons. The fourth-order valence-corrected chi connectivity index (χ4v) is 4.82. The molecule has 0 aliphatic heterocycles. The van der Waals surface area contributed by atoms with Gasteiger partial charge in [0.2, 0.25) is 0 Å². The summed E-state index contributed by atoms with van der Waals surface area (Å²) in [5.74, 6) is 3.29. The summed E-state index contributed by atoms with van der Waals surface area (Å²) >= 11 is 3.68. The Hall–Kier alpha value is 0.400. The molecule has 0 saturated heterocycles. The normalized spacial score (nSPS) is 17.7. The molecule has 0 saturated carbocycles. The molecule has 0 heterocycles. The van der Waals surface area contributed by atoms with Crippen LogP contribution in [0.25, 0.3) is 0 Å². The van der Waals surface area contributed by atoms with E-state index in [1.54, 1.807) is 0 Å². The van der Waals surface area contributed by atoms with Gasteiger partial charge in [0.25, 0.3) is 0 Å². The zero-order valence-electron chi connectivity index (χ0n) is 18.6.